The van der Waals surface area contributed by atoms with Crippen LogP contribution in [0.4, 0.5) is 30.7 Å². The molecule has 0 N–H and O–H groups in total. The molecular formula is C16H14ClF7O. The molecule has 1 saturated carbocycles. The van der Waals surface area contributed by atoms with Gasteiger partial charge in [0.1, 0.15) is 5.03 Å². The number of benzene rings is 1. The van der Waals surface area contributed by atoms with Crippen molar-refractivity contribution >= 4 is 11.6 Å². The molecule has 0 aromatic heterocycles. The van der Waals surface area contributed by atoms with Crippen LogP contribution in [0.2, 0.25) is 0 Å². The van der Waals surface area contributed by atoms with Gasteiger partial charge in [0, 0.05) is 0 Å². The van der Waals surface area contributed by atoms with E-state index in [1.807, 2.05) is 0 Å². The van der Waals surface area contributed by atoms with Crippen LogP contribution < -0.4 is 4.74 Å². The smallest absolute Gasteiger partial charge is 0.403 e. The average molecular weight is 391 g/mol. The van der Waals surface area contributed by atoms with Crippen LogP contribution in [-0.2, 0) is 6.42 Å². The molecule has 1 aliphatic carbocycles. The molecule has 1 aliphatic rings. The van der Waals surface area contributed by atoms with E-state index in [1.54, 1.807) is 13.8 Å². The van der Waals surface area contributed by atoms with Crippen LogP contribution in [0.25, 0.3) is 0 Å². The summed E-state index contributed by atoms with van der Waals surface area (Å²) >= 11 is 5.23. The maximum atomic E-state index is 14.2. The van der Waals surface area contributed by atoms with Crippen LogP contribution in [0, 0.1) is 23.1 Å². The Kier molecular flexibility index (Phi) is 5.07. The highest BCUT2D eigenvalue weighted by Gasteiger charge is 2.57. The number of hydrogen-bond donors (Lipinski definition) is 0. The summed E-state index contributed by atoms with van der Waals surface area (Å²) in [6.07, 6.45) is -8.86. The monoisotopic (exact) mass is 390 g/mol. The van der Waals surface area contributed by atoms with E-state index in [4.69, 9.17) is 11.6 Å². The fraction of sp³-hybridized carbons (Fsp3) is 0.500. The van der Waals surface area contributed by atoms with E-state index < -0.39 is 40.5 Å². The zero-order valence-corrected chi connectivity index (χ0v) is 13.9. The third-order valence-electron chi connectivity index (χ3n) is 4.44. The Bertz CT molecular complexity index is 676. The molecule has 9 heteroatoms. The first-order valence-corrected chi connectivity index (χ1v) is 7.59. The maximum Gasteiger partial charge on any atom is 0.573 e. The van der Waals surface area contributed by atoms with Crippen molar-refractivity contribution in [3.8, 4) is 5.75 Å². The summed E-state index contributed by atoms with van der Waals surface area (Å²) in [6.45, 7) is 3.38. The largest absolute Gasteiger partial charge is 0.573 e. The third-order valence-corrected chi connectivity index (χ3v) is 4.78. The van der Waals surface area contributed by atoms with Crippen LogP contribution >= 0.6 is 11.6 Å². The summed E-state index contributed by atoms with van der Waals surface area (Å²) < 4.78 is 92.1. The fourth-order valence-electron chi connectivity index (χ4n) is 2.91. The van der Waals surface area contributed by atoms with Crippen molar-refractivity contribution in [2.45, 2.75) is 32.8 Å². The van der Waals surface area contributed by atoms with Gasteiger partial charge in [-0.3, -0.25) is 0 Å². The van der Waals surface area contributed by atoms with Crippen LogP contribution in [0.3, 0.4) is 0 Å². The molecule has 0 amide bonds. The lowest BCUT2D eigenvalue weighted by Gasteiger charge is -2.12. The number of ether oxygens (including phenoxy) is 1. The number of hydrogen-bond acceptors (Lipinski definition) is 1. The lowest BCUT2D eigenvalue weighted by atomic mass is 10.0. The number of halogens is 8. The molecule has 0 saturated heterocycles. The molecule has 1 nitrogen and oxygen atoms in total. The van der Waals surface area contributed by atoms with E-state index in [-0.39, 0.29) is 17.9 Å². The summed E-state index contributed by atoms with van der Waals surface area (Å²) in [7, 11) is 0. The third kappa shape index (κ3) is 4.59. The van der Waals surface area contributed by atoms with Crippen molar-refractivity contribution in [2.75, 3.05) is 0 Å². The van der Waals surface area contributed by atoms with Gasteiger partial charge in [-0.05, 0) is 35.3 Å². The van der Waals surface area contributed by atoms with Crippen LogP contribution in [0.15, 0.2) is 29.3 Å². The van der Waals surface area contributed by atoms with E-state index >= 15 is 0 Å². The number of rotatable bonds is 4. The molecular weight excluding hydrogens is 377 g/mol. The van der Waals surface area contributed by atoms with Crippen molar-refractivity contribution in [3.05, 3.63) is 40.7 Å². The molecule has 2 rings (SSSR count). The van der Waals surface area contributed by atoms with E-state index in [0.29, 0.717) is 0 Å². The van der Waals surface area contributed by atoms with Gasteiger partial charge in [-0.1, -0.05) is 43.7 Å². The highest BCUT2D eigenvalue weighted by atomic mass is 35.5. The van der Waals surface area contributed by atoms with Gasteiger partial charge in [-0.25, -0.2) is 4.39 Å². The van der Waals surface area contributed by atoms with Crippen molar-refractivity contribution in [3.63, 3.8) is 0 Å². The molecule has 2 unspecified atom stereocenters. The molecule has 1 aromatic rings. The molecule has 140 valence electrons. The van der Waals surface area contributed by atoms with Gasteiger partial charge in [0.25, 0.3) is 0 Å². The Morgan fingerprint density at radius 3 is 2.32 bits per heavy atom. The van der Waals surface area contributed by atoms with E-state index in [1.165, 1.54) is 12.1 Å². The predicted octanol–water partition coefficient (Wildman–Crippen LogP) is 6.22. The first-order chi connectivity index (χ1) is 11.2. The van der Waals surface area contributed by atoms with Gasteiger partial charge in [-0.15, -0.1) is 13.2 Å². The number of allylic oxidation sites excluding steroid dienone is 2. The Balaban J connectivity index is 2.19. The van der Waals surface area contributed by atoms with E-state index in [0.717, 1.165) is 12.1 Å². The first-order valence-electron chi connectivity index (χ1n) is 7.21. The highest BCUT2D eigenvalue weighted by Crippen LogP contribution is 2.61. The summed E-state index contributed by atoms with van der Waals surface area (Å²) in [4.78, 5) is 0. The van der Waals surface area contributed by atoms with Gasteiger partial charge in [0.05, 0.1) is 0 Å². The van der Waals surface area contributed by atoms with Crippen molar-refractivity contribution < 1.29 is 35.5 Å². The summed E-state index contributed by atoms with van der Waals surface area (Å²) in [5.41, 5.74) is -0.641. The van der Waals surface area contributed by atoms with Gasteiger partial charge in [-0.2, -0.15) is 13.2 Å². The fourth-order valence-corrected chi connectivity index (χ4v) is 3.05. The Morgan fingerprint density at radius 2 is 1.80 bits per heavy atom. The zero-order valence-electron chi connectivity index (χ0n) is 13.1. The van der Waals surface area contributed by atoms with Crippen molar-refractivity contribution in [2.24, 2.45) is 17.3 Å². The minimum Gasteiger partial charge on any atom is -0.403 e. The molecule has 1 aromatic carbocycles. The first kappa shape index (κ1) is 19.9. The van der Waals surface area contributed by atoms with Crippen LogP contribution in [0.1, 0.15) is 19.4 Å². The second-order valence-corrected chi connectivity index (χ2v) is 6.85. The number of alkyl halides is 6. The summed E-state index contributed by atoms with van der Waals surface area (Å²) in [5.74, 6) is -3.09. The minimum absolute atomic E-state index is 0.0307. The summed E-state index contributed by atoms with van der Waals surface area (Å²) in [6, 6.07) is 3.31. The second kappa shape index (κ2) is 6.37. The molecule has 0 aliphatic heterocycles. The van der Waals surface area contributed by atoms with E-state index in [2.05, 4.69) is 4.74 Å². The maximum absolute atomic E-state index is 14.2. The van der Waals surface area contributed by atoms with E-state index in [9.17, 15) is 30.7 Å². The SMILES string of the molecule is CC1(C)C(C=C(Cl)C(F)(F)F)C1Cc1cccc(OC(F)(F)F)c1F. The normalized spacial score (nSPS) is 23.5. The molecule has 0 bridgehead atoms. The second-order valence-electron chi connectivity index (χ2n) is 6.45. The molecule has 1 fully saturated rings. The molecule has 25 heavy (non-hydrogen) atoms. The van der Waals surface area contributed by atoms with Crippen molar-refractivity contribution in [1.29, 1.82) is 0 Å². The molecule has 0 radical (unpaired) electrons. The van der Waals surface area contributed by atoms with Gasteiger partial charge >= 0.3 is 12.5 Å². The lowest BCUT2D eigenvalue weighted by molar-refractivity contribution is -0.275. The molecule has 2 atom stereocenters. The predicted molar refractivity (Wildman–Crippen MR) is 77.5 cm³/mol. The Hall–Kier alpha value is -1.44. The average Bonchev–Trinajstić information content (AvgIpc) is 2.92. The summed E-state index contributed by atoms with van der Waals surface area (Å²) in [5, 5.41) is -1.26. The Morgan fingerprint density at radius 1 is 1.20 bits per heavy atom. The quantitative estimate of drug-likeness (QED) is 0.554. The van der Waals surface area contributed by atoms with Crippen LogP contribution in [-0.4, -0.2) is 12.5 Å². The molecule has 0 spiro atoms. The highest BCUT2D eigenvalue weighted by molar-refractivity contribution is 6.30. The lowest BCUT2D eigenvalue weighted by Crippen LogP contribution is -2.18. The zero-order chi connectivity index (χ0) is 19.2. The minimum atomic E-state index is -5.04. The van der Waals surface area contributed by atoms with Crippen molar-refractivity contribution in [1.82, 2.24) is 0 Å². The van der Waals surface area contributed by atoms with Gasteiger partial charge < -0.3 is 4.74 Å². The van der Waals surface area contributed by atoms with Gasteiger partial charge in [0.2, 0.25) is 0 Å². The van der Waals surface area contributed by atoms with Gasteiger partial charge in [0.15, 0.2) is 11.6 Å². The topological polar surface area (TPSA) is 9.23 Å². The molecule has 0 heterocycles. The Labute approximate surface area is 144 Å². The van der Waals surface area contributed by atoms with Crippen LogP contribution in [0.5, 0.6) is 5.75 Å². The standard InChI is InChI=1S/C16H14ClF7O/c1-14(2)9(10(14)7-12(17)15(19,20)21)6-8-4-3-5-11(13(8)18)25-16(22,23)24/h3-5,7,9-10H,6H2,1-2H3.